The predicted molar refractivity (Wildman–Crippen MR) is 71.9 cm³/mol. The van der Waals surface area contributed by atoms with Crippen molar-refractivity contribution in [2.24, 2.45) is 11.7 Å². The van der Waals surface area contributed by atoms with Gasteiger partial charge in [-0.05, 0) is 30.5 Å². The number of benzene rings is 1. The van der Waals surface area contributed by atoms with Crippen LogP contribution in [-0.4, -0.2) is 13.2 Å². The highest BCUT2D eigenvalue weighted by Gasteiger charge is 2.06. The average molecular weight is 249 g/mol. The third kappa shape index (κ3) is 4.77. The molecule has 0 saturated carbocycles. The molecule has 0 bridgehead atoms. The van der Waals surface area contributed by atoms with E-state index in [0.29, 0.717) is 23.8 Å². The molecule has 1 atom stereocenters. The van der Waals surface area contributed by atoms with E-state index in [2.05, 4.69) is 25.7 Å². The van der Waals surface area contributed by atoms with Gasteiger partial charge in [-0.2, -0.15) is 0 Å². The van der Waals surface area contributed by atoms with Crippen LogP contribution in [0.5, 0.6) is 5.75 Å². The van der Waals surface area contributed by atoms with Crippen LogP contribution in [-0.2, 0) is 0 Å². The Labute approximate surface area is 108 Å². The minimum atomic E-state index is -0.315. The van der Waals surface area contributed by atoms with Crippen LogP contribution in [0.2, 0.25) is 0 Å². The van der Waals surface area contributed by atoms with Crippen molar-refractivity contribution in [1.82, 2.24) is 0 Å². The van der Waals surface area contributed by atoms with Crippen molar-refractivity contribution < 1.29 is 9.13 Å². The first kappa shape index (κ1) is 14.5. The molecule has 0 amide bonds. The Balaban J connectivity index is 2.75. The van der Waals surface area contributed by atoms with Crippen molar-refractivity contribution in [3.05, 3.63) is 29.6 Å². The molecular weight excluding hydrogens is 229 g/mol. The molecule has 3 heteroatoms. The summed E-state index contributed by atoms with van der Waals surface area (Å²) in [5.74, 6) is 6.34. The Morgan fingerprint density at radius 3 is 2.89 bits per heavy atom. The largest absolute Gasteiger partial charge is 0.492 e. The van der Waals surface area contributed by atoms with Gasteiger partial charge in [0.2, 0.25) is 0 Å². The second kappa shape index (κ2) is 7.73. The second-order valence-electron chi connectivity index (χ2n) is 4.35. The molecule has 0 radical (unpaired) electrons. The average Bonchev–Trinajstić information content (AvgIpc) is 2.35. The standard InChI is InChI=1S/C15H20FNO/c1-3-5-12(2)11-18-15-8-7-14(16)10-13(15)6-4-9-17/h7-8,10,12H,3,5,9,11,17H2,1-2H3. The fraction of sp³-hybridized carbons (Fsp3) is 0.467. The van der Waals surface area contributed by atoms with Crippen molar-refractivity contribution in [1.29, 1.82) is 0 Å². The lowest BCUT2D eigenvalue weighted by atomic mass is 10.1. The molecule has 98 valence electrons. The molecule has 0 fully saturated rings. The lowest BCUT2D eigenvalue weighted by Crippen LogP contribution is -2.09. The third-order valence-corrected chi connectivity index (χ3v) is 2.57. The van der Waals surface area contributed by atoms with E-state index in [9.17, 15) is 4.39 Å². The summed E-state index contributed by atoms with van der Waals surface area (Å²) in [5.41, 5.74) is 5.88. The molecule has 2 N–H and O–H groups in total. The van der Waals surface area contributed by atoms with Gasteiger partial charge in [-0.3, -0.25) is 0 Å². The van der Waals surface area contributed by atoms with E-state index in [1.165, 1.54) is 12.1 Å². The zero-order chi connectivity index (χ0) is 13.4. The molecule has 0 aliphatic heterocycles. The maximum Gasteiger partial charge on any atom is 0.135 e. The molecule has 0 aliphatic carbocycles. The molecule has 18 heavy (non-hydrogen) atoms. The highest BCUT2D eigenvalue weighted by Crippen LogP contribution is 2.20. The zero-order valence-corrected chi connectivity index (χ0v) is 11.0. The number of hydrogen-bond acceptors (Lipinski definition) is 2. The first-order chi connectivity index (χ1) is 8.67. The van der Waals surface area contributed by atoms with Gasteiger partial charge < -0.3 is 10.5 Å². The second-order valence-corrected chi connectivity index (χ2v) is 4.35. The molecule has 2 nitrogen and oxygen atoms in total. The monoisotopic (exact) mass is 249 g/mol. The van der Waals surface area contributed by atoms with Crippen LogP contribution in [0.3, 0.4) is 0 Å². The van der Waals surface area contributed by atoms with Gasteiger partial charge in [0.15, 0.2) is 0 Å². The Kier molecular flexibility index (Phi) is 6.24. The number of ether oxygens (including phenoxy) is 1. The molecule has 0 aliphatic rings. The van der Waals surface area contributed by atoms with E-state index >= 15 is 0 Å². The van der Waals surface area contributed by atoms with Crippen LogP contribution in [0.15, 0.2) is 18.2 Å². The molecule has 1 rings (SSSR count). The molecule has 0 spiro atoms. The first-order valence-corrected chi connectivity index (χ1v) is 6.28. The van der Waals surface area contributed by atoms with Crippen LogP contribution >= 0.6 is 0 Å². The fourth-order valence-electron chi connectivity index (χ4n) is 1.68. The SMILES string of the molecule is CCCC(C)COc1ccc(F)cc1C#CCN. The summed E-state index contributed by atoms with van der Waals surface area (Å²) < 4.78 is 18.8. The molecule has 0 saturated heterocycles. The highest BCUT2D eigenvalue weighted by molar-refractivity contribution is 5.46. The van der Waals surface area contributed by atoms with Crippen molar-refractivity contribution in [3.63, 3.8) is 0 Å². The summed E-state index contributed by atoms with van der Waals surface area (Å²) in [7, 11) is 0. The van der Waals surface area contributed by atoms with Gasteiger partial charge in [0.1, 0.15) is 11.6 Å². The molecule has 1 aromatic carbocycles. The topological polar surface area (TPSA) is 35.2 Å². The Bertz CT molecular complexity index is 434. The first-order valence-electron chi connectivity index (χ1n) is 6.28. The number of hydrogen-bond donors (Lipinski definition) is 1. The van der Waals surface area contributed by atoms with Crippen LogP contribution in [0.1, 0.15) is 32.3 Å². The summed E-state index contributed by atoms with van der Waals surface area (Å²) in [4.78, 5) is 0. The molecule has 1 aromatic rings. The van der Waals surface area contributed by atoms with Crippen molar-refractivity contribution in [2.45, 2.75) is 26.7 Å². The lowest BCUT2D eigenvalue weighted by Gasteiger charge is -2.13. The molecule has 1 unspecified atom stereocenters. The van der Waals surface area contributed by atoms with Gasteiger partial charge >= 0.3 is 0 Å². The zero-order valence-electron chi connectivity index (χ0n) is 11.0. The Hall–Kier alpha value is -1.53. The Morgan fingerprint density at radius 1 is 1.44 bits per heavy atom. The summed E-state index contributed by atoms with van der Waals surface area (Å²) in [6.45, 7) is 5.16. The normalized spacial score (nSPS) is 11.6. The molecular formula is C15H20FNO. The minimum absolute atomic E-state index is 0.252. The highest BCUT2D eigenvalue weighted by atomic mass is 19.1. The lowest BCUT2D eigenvalue weighted by molar-refractivity contribution is 0.250. The summed E-state index contributed by atoms with van der Waals surface area (Å²) in [6.07, 6.45) is 2.25. The van der Waals surface area contributed by atoms with Crippen molar-refractivity contribution in [2.75, 3.05) is 13.2 Å². The van der Waals surface area contributed by atoms with Crippen LogP contribution in [0.25, 0.3) is 0 Å². The van der Waals surface area contributed by atoms with E-state index in [4.69, 9.17) is 10.5 Å². The van der Waals surface area contributed by atoms with E-state index in [-0.39, 0.29) is 12.4 Å². The van der Waals surface area contributed by atoms with Gasteiger partial charge in [0.25, 0.3) is 0 Å². The van der Waals surface area contributed by atoms with E-state index in [0.717, 1.165) is 12.8 Å². The van der Waals surface area contributed by atoms with Gasteiger partial charge in [0.05, 0.1) is 18.7 Å². The van der Waals surface area contributed by atoms with E-state index in [1.54, 1.807) is 6.07 Å². The minimum Gasteiger partial charge on any atom is -0.492 e. The quantitative estimate of drug-likeness (QED) is 0.814. The van der Waals surface area contributed by atoms with Crippen LogP contribution in [0, 0.1) is 23.6 Å². The van der Waals surface area contributed by atoms with Crippen LogP contribution in [0.4, 0.5) is 4.39 Å². The fourth-order valence-corrected chi connectivity index (χ4v) is 1.68. The van der Waals surface area contributed by atoms with Crippen molar-refractivity contribution >= 4 is 0 Å². The predicted octanol–water partition coefficient (Wildman–Crippen LogP) is 2.95. The third-order valence-electron chi connectivity index (χ3n) is 2.57. The number of nitrogens with two attached hydrogens (primary N) is 1. The van der Waals surface area contributed by atoms with Gasteiger partial charge in [0, 0.05) is 0 Å². The van der Waals surface area contributed by atoms with Gasteiger partial charge in [-0.15, -0.1) is 0 Å². The smallest absolute Gasteiger partial charge is 0.135 e. The Morgan fingerprint density at radius 2 is 2.22 bits per heavy atom. The molecule has 0 aromatic heterocycles. The van der Waals surface area contributed by atoms with E-state index in [1.807, 2.05) is 0 Å². The van der Waals surface area contributed by atoms with Crippen LogP contribution < -0.4 is 10.5 Å². The maximum atomic E-state index is 13.1. The molecule has 0 heterocycles. The summed E-state index contributed by atoms with van der Waals surface area (Å²) in [5, 5.41) is 0. The van der Waals surface area contributed by atoms with E-state index < -0.39 is 0 Å². The summed E-state index contributed by atoms with van der Waals surface area (Å²) >= 11 is 0. The number of halogens is 1. The number of rotatable bonds is 5. The summed E-state index contributed by atoms with van der Waals surface area (Å²) in [6, 6.07) is 4.38. The van der Waals surface area contributed by atoms with Crippen molar-refractivity contribution in [3.8, 4) is 17.6 Å². The van der Waals surface area contributed by atoms with Gasteiger partial charge in [-0.1, -0.05) is 32.1 Å². The van der Waals surface area contributed by atoms with Gasteiger partial charge in [-0.25, -0.2) is 4.39 Å². The maximum absolute atomic E-state index is 13.1.